The van der Waals surface area contributed by atoms with Crippen molar-refractivity contribution in [2.75, 3.05) is 40.8 Å². The van der Waals surface area contributed by atoms with Crippen LogP contribution in [0.15, 0.2) is 30.3 Å². The topological polar surface area (TPSA) is 36.9 Å². The van der Waals surface area contributed by atoms with Crippen LogP contribution in [0.1, 0.15) is 5.56 Å². The molecule has 0 fully saturated rings. The molecule has 1 aromatic rings. The molecular formula is C14H20O4. The second-order valence-electron chi connectivity index (χ2n) is 3.57. The zero-order chi connectivity index (χ0) is 13.1. The molecule has 18 heavy (non-hydrogen) atoms. The van der Waals surface area contributed by atoms with Crippen LogP contribution in [0.2, 0.25) is 0 Å². The summed E-state index contributed by atoms with van der Waals surface area (Å²) < 4.78 is 20.3. The number of hydrogen-bond donors (Lipinski definition) is 0. The van der Waals surface area contributed by atoms with Gasteiger partial charge in [-0.15, -0.1) is 0 Å². The highest BCUT2D eigenvalue weighted by molar-refractivity contribution is 5.50. The quantitative estimate of drug-likeness (QED) is 0.499. The number of ether oxygens (including phenoxy) is 4. The van der Waals surface area contributed by atoms with E-state index in [9.17, 15) is 0 Å². The van der Waals surface area contributed by atoms with Crippen molar-refractivity contribution in [3.05, 3.63) is 35.9 Å². The predicted octanol–water partition coefficient (Wildman–Crippen LogP) is 2.35. The Hall–Kier alpha value is -1.36. The molecule has 0 aliphatic carbocycles. The van der Waals surface area contributed by atoms with Crippen LogP contribution in [0, 0.1) is 0 Å². The third kappa shape index (κ3) is 6.39. The van der Waals surface area contributed by atoms with E-state index >= 15 is 0 Å². The molecule has 0 radical (unpaired) electrons. The molecule has 0 saturated heterocycles. The largest absolute Gasteiger partial charge is 0.497 e. The molecule has 0 amide bonds. The van der Waals surface area contributed by atoms with Crippen LogP contribution < -0.4 is 4.74 Å². The first-order valence-electron chi connectivity index (χ1n) is 5.82. The summed E-state index contributed by atoms with van der Waals surface area (Å²) >= 11 is 0. The molecule has 0 saturated carbocycles. The summed E-state index contributed by atoms with van der Waals surface area (Å²) in [5.41, 5.74) is 1.11. The first kappa shape index (κ1) is 14.7. The Morgan fingerprint density at radius 2 is 1.78 bits per heavy atom. The maximum absolute atomic E-state index is 5.26. The van der Waals surface area contributed by atoms with Crippen LogP contribution in [-0.4, -0.2) is 40.8 Å². The molecule has 0 unspecified atom stereocenters. The summed E-state index contributed by atoms with van der Waals surface area (Å²) in [4.78, 5) is 0. The second kappa shape index (κ2) is 9.65. The molecule has 0 aliphatic heterocycles. The normalized spacial score (nSPS) is 11.0. The van der Waals surface area contributed by atoms with Gasteiger partial charge < -0.3 is 18.9 Å². The molecule has 0 atom stereocenters. The smallest absolute Gasteiger partial charge is 0.147 e. The number of benzene rings is 1. The summed E-state index contributed by atoms with van der Waals surface area (Å²) in [6.45, 7) is 1.96. The molecule has 4 heteroatoms. The fourth-order valence-electron chi connectivity index (χ4n) is 1.28. The monoisotopic (exact) mass is 252 g/mol. The number of methoxy groups -OCH3 is 2. The van der Waals surface area contributed by atoms with Crippen molar-refractivity contribution in [1.82, 2.24) is 0 Å². The van der Waals surface area contributed by atoms with Crippen LogP contribution in [0.4, 0.5) is 0 Å². The van der Waals surface area contributed by atoms with Gasteiger partial charge in [0, 0.05) is 7.11 Å². The average molecular weight is 252 g/mol. The SMILES string of the molecule is COCCOCOC/C=C/c1ccc(OC)cc1. The van der Waals surface area contributed by atoms with E-state index < -0.39 is 0 Å². The van der Waals surface area contributed by atoms with Gasteiger partial charge in [0.25, 0.3) is 0 Å². The highest BCUT2D eigenvalue weighted by atomic mass is 16.7. The number of hydrogen-bond acceptors (Lipinski definition) is 4. The van der Waals surface area contributed by atoms with Gasteiger partial charge >= 0.3 is 0 Å². The minimum atomic E-state index is 0.288. The van der Waals surface area contributed by atoms with Crippen molar-refractivity contribution in [2.24, 2.45) is 0 Å². The third-order valence-corrected chi connectivity index (χ3v) is 2.24. The lowest BCUT2D eigenvalue weighted by molar-refractivity contribution is -0.0570. The van der Waals surface area contributed by atoms with Gasteiger partial charge in [-0.1, -0.05) is 24.3 Å². The van der Waals surface area contributed by atoms with Crippen molar-refractivity contribution in [2.45, 2.75) is 0 Å². The molecular weight excluding hydrogens is 232 g/mol. The first-order chi connectivity index (χ1) is 8.86. The van der Waals surface area contributed by atoms with E-state index in [-0.39, 0.29) is 6.79 Å². The molecule has 100 valence electrons. The fourth-order valence-corrected chi connectivity index (χ4v) is 1.28. The minimum absolute atomic E-state index is 0.288. The van der Waals surface area contributed by atoms with E-state index in [2.05, 4.69) is 0 Å². The van der Waals surface area contributed by atoms with E-state index in [0.717, 1.165) is 11.3 Å². The second-order valence-corrected chi connectivity index (χ2v) is 3.57. The maximum Gasteiger partial charge on any atom is 0.147 e. The molecule has 0 aliphatic rings. The van der Waals surface area contributed by atoms with E-state index in [4.69, 9.17) is 18.9 Å². The van der Waals surface area contributed by atoms with E-state index in [1.54, 1.807) is 14.2 Å². The van der Waals surface area contributed by atoms with Gasteiger partial charge in [-0.3, -0.25) is 0 Å². The molecule has 0 N–H and O–H groups in total. The van der Waals surface area contributed by atoms with Gasteiger partial charge in [-0.2, -0.15) is 0 Å². The van der Waals surface area contributed by atoms with Gasteiger partial charge in [0.15, 0.2) is 0 Å². The highest BCUT2D eigenvalue weighted by Crippen LogP contribution is 2.12. The van der Waals surface area contributed by atoms with E-state index in [1.807, 2.05) is 36.4 Å². The van der Waals surface area contributed by atoms with Crippen molar-refractivity contribution >= 4 is 6.08 Å². The van der Waals surface area contributed by atoms with Crippen LogP contribution in [0.3, 0.4) is 0 Å². The molecule has 1 rings (SSSR count). The Morgan fingerprint density at radius 3 is 2.44 bits per heavy atom. The van der Waals surface area contributed by atoms with Crippen LogP contribution in [0.5, 0.6) is 5.75 Å². The van der Waals surface area contributed by atoms with Crippen LogP contribution in [-0.2, 0) is 14.2 Å². The molecule has 0 heterocycles. The van der Waals surface area contributed by atoms with Crippen molar-refractivity contribution in [3.8, 4) is 5.75 Å². The lowest BCUT2D eigenvalue weighted by Gasteiger charge is -2.02. The zero-order valence-electron chi connectivity index (χ0n) is 10.9. The van der Waals surface area contributed by atoms with Crippen molar-refractivity contribution < 1.29 is 18.9 Å². The van der Waals surface area contributed by atoms with Gasteiger partial charge in [-0.05, 0) is 17.7 Å². The Kier molecular flexibility index (Phi) is 7.88. The van der Waals surface area contributed by atoms with E-state index in [0.29, 0.717) is 19.8 Å². The lowest BCUT2D eigenvalue weighted by atomic mass is 10.2. The lowest BCUT2D eigenvalue weighted by Crippen LogP contribution is -2.05. The Morgan fingerprint density at radius 1 is 1.00 bits per heavy atom. The van der Waals surface area contributed by atoms with Gasteiger partial charge in [0.1, 0.15) is 12.5 Å². The standard InChI is InChI=1S/C14H20O4/c1-15-10-11-18-12-17-9-3-4-13-5-7-14(16-2)8-6-13/h3-8H,9-12H2,1-2H3/b4-3+. The Labute approximate surface area is 108 Å². The van der Waals surface area contributed by atoms with Crippen LogP contribution >= 0.6 is 0 Å². The van der Waals surface area contributed by atoms with Gasteiger partial charge in [-0.25, -0.2) is 0 Å². The van der Waals surface area contributed by atoms with Crippen molar-refractivity contribution in [1.29, 1.82) is 0 Å². The summed E-state index contributed by atoms with van der Waals surface area (Å²) in [7, 11) is 3.30. The summed E-state index contributed by atoms with van der Waals surface area (Å²) in [6.07, 6.45) is 3.94. The maximum atomic E-state index is 5.26. The summed E-state index contributed by atoms with van der Waals surface area (Å²) in [5.74, 6) is 0.856. The zero-order valence-corrected chi connectivity index (χ0v) is 10.9. The molecule has 0 aromatic heterocycles. The van der Waals surface area contributed by atoms with Gasteiger partial charge in [0.2, 0.25) is 0 Å². The van der Waals surface area contributed by atoms with Crippen molar-refractivity contribution in [3.63, 3.8) is 0 Å². The molecule has 0 bridgehead atoms. The summed E-state index contributed by atoms with van der Waals surface area (Å²) in [5, 5.41) is 0. The minimum Gasteiger partial charge on any atom is -0.497 e. The van der Waals surface area contributed by atoms with Crippen LogP contribution in [0.25, 0.3) is 6.08 Å². The van der Waals surface area contributed by atoms with E-state index in [1.165, 1.54) is 0 Å². The fraction of sp³-hybridized carbons (Fsp3) is 0.429. The van der Waals surface area contributed by atoms with Gasteiger partial charge in [0.05, 0.1) is 26.9 Å². The first-order valence-corrected chi connectivity index (χ1v) is 5.82. The molecule has 0 spiro atoms. The number of rotatable bonds is 9. The highest BCUT2D eigenvalue weighted by Gasteiger charge is 1.90. The Bertz CT molecular complexity index is 332. The summed E-state index contributed by atoms with van der Waals surface area (Å²) in [6, 6.07) is 7.83. The predicted molar refractivity (Wildman–Crippen MR) is 70.7 cm³/mol. The average Bonchev–Trinajstić information content (AvgIpc) is 2.42. The molecule has 4 nitrogen and oxygen atoms in total. The molecule has 1 aromatic carbocycles. The third-order valence-electron chi connectivity index (χ3n) is 2.24. The Balaban J connectivity index is 2.12.